The molecule has 0 spiro atoms. The Labute approximate surface area is 185 Å². The normalized spacial score (nSPS) is 17.5. The first kappa shape index (κ1) is 21.1. The highest BCUT2D eigenvalue weighted by molar-refractivity contribution is 6.46. The average Bonchev–Trinajstić information content (AvgIpc) is 3.08. The largest absolute Gasteiger partial charge is 0.507 e. The zero-order valence-corrected chi connectivity index (χ0v) is 17.4. The van der Waals surface area contributed by atoms with Gasteiger partial charge in [-0.1, -0.05) is 36.4 Å². The molecule has 1 saturated heterocycles. The number of pyridine rings is 1. The standard InChI is InChI=1S/C25H22N2O5/c1-32-20-15-18(7-8-19(20)28)22-21(23(29)17-9-12-26-13-10-17)24(30)25(31)27(22)14-11-16-5-3-2-4-6-16/h2-10,12-13,15,22,28-29H,11,14H2,1H3. The molecular weight excluding hydrogens is 408 g/mol. The number of phenolic OH excluding ortho intramolecular Hbond substituents is 1. The first-order chi connectivity index (χ1) is 15.5. The van der Waals surface area contributed by atoms with Crippen LogP contribution in [0.5, 0.6) is 11.5 Å². The number of aromatic nitrogens is 1. The van der Waals surface area contributed by atoms with Gasteiger partial charge in [0.2, 0.25) is 0 Å². The maximum atomic E-state index is 13.0. The molecule has 162 valence electrons. The van der Waals surface area contributed by atoms with Crippen LogP contribution in [0.4, 0.5) is 0 Å². The van der Waals surface area contributed by atoms with Crippen molar-refractivity contribution in [2.75, 3.05) is 13.7 Å². The second-order valence-corrected chi connectivity index (χ2v) is 7.40. The number of aliphatic hydroxyl groups is 1. The number of amides is 1. The number of aromatic hydroxyl groups is 1. The van der Waals surface area contributed by atoms with Crippen LogP contribution < -0.4 is 4.74 Å². The van der Waals surface area contributed by atoms with Crippen molar-refractivity contribution in [1.82, 2.24) is 9.88 Å². The molecule has 2 heterocycles. The van der Waals surface area contributed by atoms with Crippen molar-refractivity contribution >= 4 is 17.4 Å². The van der Waals surface area contributed by atoms with Gasteiger partial charge in [0.25, 0.3) is 11.7 Å². The van der Waals surface area contributed by atoms with Crippen molar-refractivity contribution in [3.05, 3.63) is 95.3 Å². The highest BCUT2D eigenvalue weighted by Crippen LogP contribution is 2.41. The number of methoxy groups -OCH3 is 1. The average molecular weight is 430 g/mol. The lowest BCUT2D eigenvalue weighted by Crippen LogP contribution is -2.31. The third-order valence-corrected chi connectivity index (χ3v) is 5.50. The summed E-state index contributed by atoms with van der Waals surface area (Å²) in [6.07, 6.45) is 3.53. The number of hydrogen-bond acceptors (Lipinski definition) is 6. The fraction of sp³-hybridized carbons (Fsp3) is 0.160. The third-order valence-electron chi connectivity index (χ3n) is 5.50. The Balaban J connectivity index is 1.81. The molecular formula is C25H22N2O5. The molecule has 1 aliphatic heterocycles. The highest BCUT2D eigenvalue weighted by atomic mass is 16.5. The molecule has 2 N–H and O–H groups in total. The number of Topliss-reactive ketones (excluding diaryl/α,β-unsaturated/α-hetero) is 1. The van der Waals surface area contributed by atoms with Crippen LogP contribution in [-0.4, -0.2) is 45.4 Å². The van der Waals surface area contributed by atoms with E-state index in [1.54, 1.807) is 24.3 Å². The summed E-state index contributed by atoms with van der Waals surface area (Å²) in [6.45, 7) is 0.273. The summed E-state index contributed by atoms with van der Waals surface area (Å²) in [5, 5.41) is 21.0. The van der Waals surface area contributed by atoms with Crippen molar-refractivity contribution in [2.24, 2.45) is 0 Å². The quantitative estimate of drug-likeness (QED) is 0.353. The van der Waals surface area contributed by atoms with Crippen LogP contribution in [0.15, 0.2) is 78.6 Å². The Morgan fingerprint density at radius 3 is 2.47 bits per heavy atom. The minimum absolute atomic E-state index is 0.0120. The molecule has 32 heavy (non-hydrogen) atoms. The van der Waals surface area contributed by atoms with Crippen molar-refractivity contribution in [1.29, 1.82) is 0 Å². The van der Waals surface area contributed by atoms with Crippen LogP contribution in [0.1, 0.15) is 22.7 Å². The molecule has 1 aliphatic rings. The Hall–Kier alpha value is -4.13. The topological polar surface area (TPSA) is 100.0 Å². The number of nitrogens with zero attached hydrogens (tertiary/aromatic N) is 2. The SMILES string of the molecule is COc1cc(C2C(=C(O)c3ccncc3)C(=O)C(=O)N2CCc2ccccc2)ccc1O. The van der Waals surface area contributed by atoms with Gasteiger partial charge in [0.05, 0.1) is 18.7 Å². The maximum absolute atomic E-state index is 13.0. The zero-order valence-electron chi connectivity index (χ0n) is 17.4. The maximum Gasteiger partial charge on any atom is 0.295 e. The fourth-order valence-electron chi connectivity index (χ4n) is 3.88. The summed E-state index contributed by atoms with van der Waals surface area (Å²) in [5.74, 6) is -1.57. The van der Waals surface area contributed by atoms with Gasteiger partial charge in [-0.25, -0.2) is 0 Å². The minimum Gasteiger partial charge on any atom is -0.507 e. The molecule has 1 aromatic heterocycles. The number of ether oxygens (including phenoxy) is 1. The Morgan fingerprint density at radius 1 is 1.06 bits per heavy atom. The Kier molecular flexibility index (Phi) is 5.89. The summed E-state index contributed by atoms with van der Waals surface area (Å²) < 4.78 is 5.22. The molecule has 1 fully saturated rings. The number of carbonyl (C=O) groups is 2. The summed E-state index contributed by atoms with van der Waals surface area (Å²) in [6, 6.07) is 16.6. The van der Waals surface area contributed by atoms with E-state index in [1.807, 2.05) is 30.3 Å². The number of rotatable bonds is 6. The molecule has 1 unspecified atom stereocenters. The smallest absolute Gasteiger partial charge is 0.295 e. The van der Waals surface area contributed by atoms with Gasteiger partial charge in [-0.05, 0) is 41.8 Å². The van der Waals surface area contributed by atoms with Gasteiger partial charge in [0, 0.05) is 24.5 Å². The van der Waals surface area contributed by atoms with E-state index in [-0.39, 0.29) is 29.4 Å². The summed E-state index contributed by atoms with van der Waals surface area (Å²) >= 11 is 0. The van der Waals surface area contributed by atoms with Gasteiger partial charge < -0.3 is 19.8 Å². The third kappa shape index (κ3) is 3.92. The minimum atomic E-state index is -0.832. The molecule has 0 saturated carbocycles. The van der Waals surface area contributed by atoms with Gasteiger partial charge in [-0.2, -0.15) is 0 Å². The monoisotopic (exact) mass is 430 g/mol. The van der Waals surface area contributed by atoms with Crippen LogP contribution in [-0.2, 0) is 16.0 Å². The van der Waals surface area contributed by atoms with E-state index in [0.29, 0.717) is 17.5 Å². The predicted molar refractivity (Wildman–Crippen MR) is 118 cm³/mol. The van der Waals surface area contributed by atoms with E-state index >= 15 is 0 Å². The second-order valence-electron chi connectivity index (χ2n) is 7.40. The number of benzene rings is 2. The molecule has 1 atom stereocenters. The number of hydrogen-bond donors (Lipinski definition) is 2. The molecule has 7 heteroatoms. The van der Waals surface area contributed by atoms with Crippen molar-refractivity contribution < 1.29 is 24.5 Å². The van der Waals surface area contributed by atoms with Crippen LogP contribution in [0.2, 0.25) is 0 Å². The van der Waals surface area contributed by atoms with Gasteiger partial charge in [-0.15, -0.1) is 0 Å². The molecule has 0 aliphatic carbocycles. The molecule has 2 aromatic carbocycles. The van der Waals surface area contributed by atoms with Crippen LogP contribution in [0, 0.1) is 0 Å². The Morgan fingerprint density at radius 2 is 1.78 bits per heavy atom. The van der Waals surface area contributed by atoms with E-state index in [2.05, 4.69) is 4.98 Å². The van der Waals surface area contributed by atoms with Gasteiger partial charge in [0.1, 0.15) is 5.76 Å². The lowest BCUT2D eigenvalue weighted by Gasteiger charge is -2.26. The second kappa shape index (κ2) is 8.93. The van der Waals surface area contributed by atoms with Crippen molar-refractivity contribution in [3.63, 3.8) is 0 Å². The summed E-state index contributed by atoms with van der Waals surface area (Å²) in [4.78, 5) is 31.4. The number of aliphatic hydroxyl groups excluding tert-OH is 1. The van der Waals surface area contributed by atoms with E-state index in [9.17, 15) is 19.8 Å². The lowest BCUT2D eigenvalue weighted by atomic mass is 9.95. The molecule has 1 amide bonds. The van der Waals surface area contributed by atoms with Gasteiger partial charge in [-0.3, -0.25) is 14.6 Å². The predicted octanol–water partition coefficient (Wildman–Crippen LogP) is 3.46. The number of phenols is 1. The first-order valence-electron chi connectivity index (χ1n) is 10.1. The lowest BCUT2D eigenvalue weighted by molar-refractivity contribution is -0.139. The van der Waals surface area contributed by atoms with E-state index in [4.69, 9.17) is 4.74 Å². The zero-order chi connectivity index (χ0) is 22.7. The van der Waals surface area contributed by atoms with Crippen LogP contribution >= 0.6 is 0 Å². The molecule has 0 bridgehead atoms. The van der Waals surface area contributed by atoms with E-state index in [1.165, 1.54) is 30.5 Å². The molecule has 0 radical (unpaired) electrons. The van der Waals surface area contributed by atoms with Gasteiger partial charge in [0.15, 0.2) is 11.5 Å². The fourth-order valence-corrected chi connectivity index (χ4v) is 3.88. The van der Waals surface area contributed by atoms with E-state index < -0.39 is 17.7 Å². The van der Waals surface area contributed by atoms with Crippen LogP contribution in [0.25, 0.3) is 5.76 Å². The van der Waals surface area contributed by atoms with Crippen LogP contribution in [0.3, 0.4) is 0 Å². The number of ketones is 1. The number of carbonyl (C=O) groups excluding carboxylic acids is 2. The van der Waals surface area contributed by atoms with E-state index in [0.717, 1.165) is 5.56 Å². The van der Waals surface area contributed by atoms with Crippen molar-refractivity contribution in [2.45, 2.75) is 12.5 Å². The summed E-state index contributed by atoms with van der Waals surface area (Å²) in [5.41, 5.74) is 1.94. The Bertz CT molecular complexity index is 1180. The number of likely N-dealkylation sites (tertiary alicyclic amines) is 1. The van der Waals surface area contributed by atoms with Crippen molar-refractivity contribution in [3.8, 4) is 11.5 Å². The first-order valence-corrected chi connectivity index (χ1v) is 10.1. The highest BCUT2D eigenvalue weighted by Gasteiger charge is 2.46. The van der Waals surface area contributed by atoms with Gasteiger partial charge >= 0.3 is 0 Å². The summed E-state index contributed by atoms with van der Waals surface area (Å²) in [7, 11) is 1.42. The molecule has 3 aromatic rings. The molecule has 7 nitrogen and oxygen atoms in total. The molecule has 4 rings (SSSR count).